The van der Waals surface area contributed by atoms with Crippen LogP contribution in [-0.4, -0.2) is 66.7 Å². The van der Waals surface area contributed by atoms with Crippen LogP contribution in [0.4, 0.5) is 4.79 Å². The van der Waals surface area contributed by atoms with Gasteiger partial charge in [0.25, 0.3) is 0 Å². The second kappa shape index (κ2) is 6.01. The maximum atomic E-state index is 12.3. The fourth-order valence-electron chi connectivity index (χ4n) is 2.48. The molecule has 1 aliphatic rings. The van der Waals surface area contributed by atoms with Crippen LogP contribution in [0.1, 0.15) is 33.6 Å². The molecule has 0 spiro atoms. The van der Waals surface area contributed by atoms with E-state index in [2.05, 4.69) is 0 Å². The standard InChI is InChI=1S/C14H24N2O5/c1-13(2,3)21-12(19)16-10(17)7-8-14(16,9-15(4)5)11(18)20-6/h7-9H2,1-6H3. The summed E-state index contributed by atoms with van der Waals surface area (Å²) in [6, 6.07) is 0. The number of hydrogen-bond acceptors (Lipinski definition) is 6. The van der Waals surface area contributed by atoms with Crippen molar-refractivity contribution in [2.75, 3.05) is 27.7 Å². The van der Waals surface area contributed by atoms with Gasteiger partial charge >= 0.3 is 12.1 Å². The summed E-state index contributed by atoms with van der Waals surface area (Å²) < 4.78 is 10.1. The largest absolute Gasteiger partial charge is 0.467 e. The molecule has 120 valence electrons. The Morgan fingerprint density at radius 3 is 2.33 bits per heavy atom. The number of esters is 1. The summed E-state index contributed by atoms with van der Waals surface area (Å²) >= 11 is 0. The summed E-state index contributed by atoms with van der Waals surface area (Å²) in [6.07, 6.45) is -0.463. The Morgan fingerprint density at radius 2 is 1.90 bits per heavy atom. The van der Waals surface area contributed by atoms with Gasteiger partial charge in [-0.25, -0.2) is 14.5 Å². The number of carbonyl (C=O) groups excluding carboxylic acids is 3. The van der Waals surface area contributed by atoms with Crippen LogP contribution in [0.25, 0.3) is 0 Å². The second-order valence-corrected chi connectivity index (χ2v) is 6.47. The van der Waals surface area contributed by atoms with Crippen LogP contribution >= 0.6 is 0 Å². The molecule has 7 nitrogen and oxygen atoms in total. The van der Waals surface area contributed by atoms with Crippen molar-refractivity contribution >= 4 is 18.0 Å². The van der Waals surface area contributed by atoms with Gasteiger partial charge in [-0.15, -0.1) is 0 Å². The molecule has 1 atom stereocenters. The number of likely N-dealkylation sites (N-methyl/N-ethyl adjacent to an activating group) is 1. The topological polar surface area (TPSA) is 76.2 Å². The van der Waals surface area contributed by atoms with Gasteiger partial charge in [0.2, 0.25) is 5.91 Å². The van der Waals surface area contributed by atoms with Gasteiger partial charge in [0.15, 0.2) is 5.54 Å². The van der Waals surface area contributed by atoms with E-state index in [0.717, 1.165) is 4.90 Å². The van der Waals surface area contributed by atoms with E-state index in [1.54, 1.807) is 39.8 Å². The van der Waals surface area contributed by atoms with Crippen molar-refractivity contribution in [1.29, 1.82) is 0 Å². The molecular formula is C14H24N2O5. The maximum absolute atomic E-state index is 12.3. The van der Waals surface area contributed by atoms with Crippen LogP contribution in [0.3, 0.4) is 0 Å². The number of hydrogen-bond donors (Lipinski definition) is 0. The molecule has 0 aromatic heterocycles. The molecule has 7 heteroatoms. The number of nitrogens with zero attached hydrogens (tertiary/aromatic N) is 2. The minimum atomic E-state index is -1.32. The normalized spacial score (nSPS) is 22.6. The number of imide groups is 1. The monoisotopic (exact) mass is 300 g/mol. The number of likely N-dealkylation sites (tertiary alicyclic amines) is 1. The first-order valence-electron chi connectivity index (χ1n) is 6.83. The van der Waals surface area contributed by atoms with Crippen LogP contribution in [0.5, 0.6) is 0 Å². The Kier molecular flexibility index (Phi) is 4.99. The highest BCUT2D eigenvalue weighted by molar-refractivity contribution is 6.02. The average Bonchev–Trinajstić information content (AvgIpc) is 2.63. The lowest BCUT2D eigenvalue weighted by molar-refractivity contribution is -0.157. The summed E-state index contributed by atoms with van der Waals surface area (Å²) in [4.78, 5) is 39.4. The number of carbonyl (C=O) groups is 3. The van der Waals surface area contributed by atoms with Crippen LogP contribution in [0.15, 0.2) is 0 Å². The molecule has 1 fully saturated rings. The van der Waals surface area contributed by atoms with Gasteiger partial charge in [0, 0.05) is 13.0 Å². The molecule has 1 rings (SSSR count). The van der Waals surface area contributed by atoms with Crippen molar-refractivity contribution in [1.82, 2.24) is 9.80 Å². The van der Waals surface area contributed by atoms with Gasteiger partial charge in [0.1, 0.15) is 5.60 Å². The molecule has 1 aliphatic heterocycles. The Bertz CT molecular complexity index is 441. The highest BCUT2D eigenvalue weighted by Crippen LogP contribution is 2.33. The molecule has 1 unspecified atom stereocenters. The zero-order chi connectivity index (χ0) is 16.4. The molecule has 0 N–H and O–H groups in total. The van der Waals surface area contributed by atoms with Crippen molar-refractivity contribution in [3.05, 3.63) is 0 Å². The maximum Gasteiger partial charge on any atom is 0.418 e. The van der Waals surface area contributed by atoms with Gasteiger partial charge in [0.05, 0.1) is 7.11 Å². The van der Waals surface area contributed by atoms with Crippen molar-refractivity contribution in [2.45, 2.75) is 44.8 Å². The first kappa shape index (κ1) is 17.4. The summed E-state index contributed by atoms with van der Waals surface area (Å²) in [5, 5.41) is 0. The Hall–Kier alpha value is -1.63. The molecule has 2 amide bonds. The van der Waals surface area contributed by atoms with Crippen LogP contribution in [-0.2, 0) is 19.1 Å². The SMILES string of the molecule is COC(=O)C1(CN(C)C)CCC(=O)N1C(=O)OC(C)(C)C. The van der Waals surface area contributed by atoms with E-state index in [0.29, 0.717) is 0 Å². The highest BCUT2D eigenvalue weighted by Gasteiger charge is 2.56. The first-order valence-corrected chi connectivity index (χ1v) is 6.83. The molecule has 0 saturated carbocycles. The van der Waals surface area contributed by atoms with E-state index in [9.17, 15) is 14.4 Å². The quantitative estimate of drug-likeness (QED) is 0.724. The van der Waals surface area contributed by atoms with E-state index in [1.807, 2.05) is 0 Å². The Labute approximate surface area is 125 Å². The minimum absolute atomic E-state index is 0.113. The lowest BCUT2D eigenvalue weighted by atomic mass is 9.95. The highest BCUT2D eigenvalue weighted by atomic mass is 16.6. The Morgan fingerprint density at radius 1 is 1.33 bits per heavy atom. The van der Waals surface area contributed by atoms with E-state index < -0.39 is 29.1 Å². The van der Waals surface area contributed by atoms with E-state index in [-0.39, 0.29) is 19.4 Å². The molecule has 0 aromatic carbocycles. The molecule has 21 heavy (non-hydrogen) atoms. The van der Waals surface area contributed by atoms with Crippen molar-refractivity contribution in [3.63, 3.8) is 0 Å². The Balaban J connectivity index is 3.18. The molecule has 1 saturated heterocycles. The number of ether oxygens (including phenoxy) is 2. The lowest BCUT2D eigenvalue weighted by Gasteiger charge is -2.36. The minimum Gasteiger partial charge on any atom is -0.467 e. The number of rotatable bonds is 3. The fourth-order valence-corrected chi connectivity index (χ4v) is 2.48. The average molecular weight is 300 g/mol. The van der Waals surface area contributed by atoms with Crippen molar-refractivity contribution in [3.8, 4) is 0 Å². The molecule has 0 radical (unpaired) electrons. The lowest BCUT2D eigenvalue weighted by Crippen LogP contribution is -2.60. The first-order chi connectivity index (χ1) is 9.53. The summed E-state index contributed by atoms with van der Waals surface area (Å²) in [5.41, 5.74) is -2.07. The third-order valence-corrected chi connectivity index (χ3v) is 3.15. The van der Waals surface area contributed by atoms with Gasteiger partial charge in [-0.1, -0.05) is 0 Å². The van der Waals surface area contributed by atoms with Crippen LogP contribution < -0.4 is 0 Å². The molecule has 0 aliphatic carbocycles. The molecule has 0 bridgehead atoms. The smallest absolute Gasteiger partial charge is 0.418 e. The summed E-state index contributed by atoms with van der Waals surface area (Å²) in [7, 11) is 4.78. The predicted molar refractivity (Wildman–Crippen MR) is 75.6 cm³/mol. The van der Waals surface area contributed by atoms with Gasteiger partial charge in [-0.05, 0) is 41.3 Å². The zero-order valence-corrected chi connectivity index (χ0v) is 13.6. The predicted octanol–water partition coefficient (Wildman–Crippen LogP) is 1.02. The molecule has 1 heterocycles. The molecular weight excluding hydrogens is 276 g/mol. The molecule has 0 aromatic rings. The van der Waals surface area contributed by atoms with Crippen molar-refractivity contribution < 1.29 is 23.9 Å². The summed E-state index contributed by atoms with van der Waals surface area (Å²) in [5.74, 6) is -1.02. The third kappa shape index (κ3) is 3.72. The second-order valence-electron chi connectivity index (χ2n) is 6.47. The van der Waals surface area contributed by atoms with E-state index >= 15 is 0 Å². The third-order valence-electron chi connectivity index (χ3n) is 3.15. The van der Waals surface area contributed by atoms with Crippen LogP contribution in [0, 0.1) is 0 Å². The van der Waals surface area contributed by atoms with Gasteiger partial charge < -0.3 is 14.4 Å². The number of methoxy groups -OCH3 is 1. The zero-order valence-electron chi connectivity index (χ0n) is 13.6. The number of amides is 2. The van der Waals surface area contributed by atoms with Crippen LogP contribution in [0.2, 0.25) is 0 Å². The van der Waals surface area contributed by atoms with Gasteiger partial charge in [-0.2, -0.15) is 0 Å². The van der Waals surface area contributed by atoms with Crippen molar-refractivity contribution in [2.24, 2.45) is 0 Å². The summed E-state index contributed by atoms with van der Waals surface area (Å²) in [6.45, 7) is 5.32. The van der Waals surface area contributed by atoms with Gasteiger partial charge in [-0.3, -0.25) is 4.79 Å². The fraction of sp³-hybridized carbons (Fsp3) is 0.786. The van der Waals surface area contributed by atoms with E-state index in [4.69, 9.17) is 9.47 Å². The van der Waals surface area contributed by atoms with E-state index in [1.165, 1.54) is 7.11 Å².